The molecule has 0 heterocycles. The SMILES string of the molecule is CCCCCNC(=O)N(C)c1cccc(-c2ccc(C=C(C)C(=O)O)cc2OCc2ccccc2)c1. The van der Waals surface area contributed by atoms with E-state index in [0.717, 1.165) is 47.2 Å². The Morgan fingerprint density at radius 1 is 1.00 bits per heavy atom. The van der Waals surface area contributed by atoms with Crippen molar-refractivity contribution in [1.29, 1.82) is 0 Å². The van der Waals surface area contributed by atoms with Gasteiger partial charge in [-0.3, -0.25) is 4.90 Å². The number of aliphatic carboxylic acids is 1. The number of hydrogen-bond donors (Lipinski definition) is 2. The highest BCUT2D eigenvalue weighted by molar-refractivity contribution is 5.93. The molecule has 0 aliphatic carbocycles. The average molecular weight is 487 g/mol. The predicted octanol–water partition coefficient (Wildman–Crippen LogP) is 6.76. The van der Waals surface area contributed by atoms with Gasteiger partial charge >= 0.3 is 12.0 Å². The number of nitrogens with one attached hydrogen (secondary N) is 1. The van der Waals surface area contributed by atoms with Crippen molar-refractivity contribution >= 4 is 23.8 Å². The molecular weight excluding hydrogens is 452 g/mol. The first kappa shape index (κ1) is 26.5. The van der Waals surface area contributed by atoms with Crippen LogP contribution in [0.1, 0.15) is 44.2 Å². The quantitative estimate of drug-likeness (QED) is 0.232. The Hall–Kier alpha value is -4.06. The number of carbonyl (C=O) groups excluding carboxylic acids is 1. The molecule has 0 aliphatic heterocycles. The fourth-order valence-corrected chi connectivity index (χ4v) is 3.72. The standard InChI is InChI=1S/C30H34N2O4/c1-4-5-9-17-31-30(35)32(3)26-14-10-13-25(20-26)27-16-15-24(18-22(2)29(33)34)19-28(27)36-21-23-11-7-6-8-12-23/h6-8,10-16,18-20H,4-5,9,17,21H2,1-3H3,(H,31,35)(H,33,34). The third-order valence-corrected chi connectivity index (χ3v) is 5.87. The van der Waals surface area contributed by atoms with E-state index in [9.17, 15) is 14.7 Å². The first-order valence-electron chi connectivity index (χ1n) is 12.2. The molecule has 0 radical (unpaired) electrons. The molecule has 3 aromatic carbocycles. The monoisotopic (exact) mass is 486 g/mol. The Balaban J connectivity index is 1.89. The zero-order chi connectivity index (χ0) is 25.9. The zero-order valence-corrected chi connectivity index (χ0v) is 21.2. The van der Waals surface area contributed by atoms with Gasteiger partial charge in [-0.25, -0.2) is 9.59 Å². The lowest BCUT2D eigenvalue weighted by atomic mass is 10.0. The first-order valence-corrected chi connectivity index (χ1v) is 12.2. The number of amides is 2. The Labute approximate surface area is 213 Å². The van der Waals surface area contributed by atoms with Crippen LogP contribution in [0, 0.1) is 0 Å². The van der Waals surface area contributed by atoms with E-state index >= 15 is 0 Å². The summed E-state index contributed by atoms with van der Waals surface area (Å²) >= 11 is 0. The van der Waals surface area contributed by atoms with Gasteiger partial charge in [0.1, 0.15) is 12.4 Å². The maximum Gasteiger partial charge on any atom is 0.331 e. The van der Waals surface area contributed by atoms with Crippen LogP contribution in [0.15, 0.2) is 78.4 Å². The number of carboxylic acid groups (broad SMARTS) is 1. The van der Waals surface area contributed by atoms with Gasteiger partial charge in [0.2, 0.25) is 0 Å². The van der Waals surface area contributed by atoms with E-state index in [4.69, 9.17) is 4.74 Å². The van der Waals surface area contributed by atoms with E-state index in [2.05, 4.69) is 12.2 Å². The van der Waals surface area contributed by atoms with Crippen LogP contribution >= 0.6 is 0 Å². The van der Waals surface area contributed by atoms with Crippen LogP contribution in [0.25, 0.3) is 17.2 Å². The fraction of sp³-hybridized carbons (Fsp3) is 0.267. The Morgan fingerprint density at radius 2 is 1.78 bits per heavy atom. The Morgan fingerprint density at radius 3 is 2.50 bits per heavy atom. The molecule has 2 N–H and O–H groups in total. The summed E-state index contributed by atoms with van der Waals surface area (Å²) in [6, 6.07) is 23.1. The number of anilines is 1. The topological polar surface area (TPSA) is 78.9 Å². The third-order valence-electron chi connectivity index (χ3n) is 5.87. The molecule has 0 fully saturated rings. The van der Waals surface area contributed by atoms with Crippen LogP contribution in [0.3, 0.4) is 0 Å². The summed E-state index contributed by atoms with van der Waals surface area (Å²) in [6.07, 6.45) is 4.77. The van der Waals surface area contributed by atoms with E-state index in [-0.39, 0.29) is 11.6 Å². The van der Waals surface area contributed by atoms with Crippen molar-refractivity contribution in [3.63, 3.8) is 0 Å². The number of benzene rings is 3. The van der Waals surface area contributed by atoms with Crippen molar-refractivity contribution in [2.75, 3.05) is 18.5 Å². The molecule has 0 saturated carbocycles. The van der Waals surface area contributed by atoms with Gasteiger partial charge in [0.25, 0.3) is 0 Å². The molecule has 36 heavy (non-hydrogen) atoms. The van der Waals surface area contributed by atoms with Gasteiger partial charge in [0.15, 0.2) is 0 Å². The van der Waals surface area contributed by atoms with Gasteiger partial charge in [0.05, 0.1) is 0 Å². The Bertz CT molecular complexity index is 1200. The minimum atomic E-state index is -0.963. The molecule has 0 unspecified atom stereocenters. The van der Waals surface area contributed by atoms with Gasteiger partial charge in [-0.2, -0.15) is 0 Å². The lowest BCUT2D eigenvalue weighted by molar-refractivity contribution is -0.132. The smallest absolute Gasteiger partial charge is 0.331 e. The van der Waals surface area contributed by atoms with Crippen LogP contribution in [0.2, 0.25) is 0 Å². The van der Waals surface area contributed by atoms with Crippen molar-refractivity contribution in [2.45, 2.75) is 39.7 Å². The third kappa shape index (κ3) is 7.47. The van der Waals surface area contributed by atoms with Crippen LogP contribution in [0.5, 0.6) is 5.75 Å². The zero-order valence-electron chi connectivity index (χ0n) is 21.2. The van der Waals surface area contributed by atoms with E-state index < -0.39 is 5.97 Å². The lowest BCUT2D eigenvalue weighted by Gasteiger charge is -2.20. The largest absolute Gasteiger partial charge is 0.488 e. The Kier molecular flexibility index (Phi) is 9.69. The number of carboxylic acids is 1. The van der Waals surface area contributed by atoms with Crippen molar-refractivity contribution in [3.05, 3.63) is 89.5 Å². The molecule has 0 atom stereocenters. The number of hydrogen-bond acceptors (Lipinski definition) is 3. The van der Waals surface area contributed by atoms with Crippen molar-refractivity contribution < 1.29 is 19.4 Å². The van der Waals surface area contributed by atoms with Gasteiger partial charge in [0, 0.05) is 30.4 Å². The molecule has 6 nitrogen and oxygen atoms in total. The van der Waals surface area contributed by atoms with Crippen molar-refractivity contribution in [2.24, 2.45) is 0 Å². The van der Waals surface area contributed by atoms with Crippen LogP contribution < -0.4 is 15.0 Å². The maximum absolute atomic E-state index is 12.6. The summed E-state index contributed by atoms with van der Waals surface area (Å²) in [7, 11) is 1.75. The average Bonchev–Trinajstić information content (AvgIpc) is 2.90. The van der Waals surface area contributed by atoms with Crippen molar-refractivity contribution in [1.82, 2.24) is 5.32 Å². The number of nitrogens with zero attached hydrogens (tertiary/aromatic N) is 1. The minimum absolute atomic E-state index is 0.145. The molecule has 0 saturated heterocycles. The fourth-order valence-electron chi connectivity index (χ4n) is 3.72. The number of ether oxygens (including phenoxy) is 1. The van der Waals surface area contributed by atoms with E-state index in [1.165, 1.54) is 0 Å². The van der Waals surface area contributed by atoms with Gasteiger partial charge < -0.3 is 15.2 Å². The predicted molar refractivity (Wildman–Crippen MR) is 145 cm³/mol. The second kappa shape index (κ2) is 13.1. The summed E-state index contributed by atoms with van der Waals surface area (Å²) < 4.78 is 6.21. The molecule has 2 amide bonds. The minimum Gasteiger partial charge on any atom is -0.488 e. The second-order valence-corrected chi connectivity index (χ2v) is 8.71. The number of unbranched alkanes of at least 4 members (excludes halogenated alkanes) is 2. The van der Waals surface area contributed by atoms with Crippen LogP contribution in [-0.2, 0) is 11.4 Å². The van der Waals surface area contributed by atoms with E-state index in [1.54, 1.807) is 24.9 Å². The summed E-state index contributed by atoms with van der Waals surface area (Å²) in [4.78, 5) is 25.5. The lowest BCUT2D eigenvalue weighted by Crippen LogP contribution is -2.37. The molecule has 0 aliphatic rings. The van der Waals surface area contributed by atoms with Gasteiger partial charge in [-0.1, -0.05) is 74.4 Å². The van der Waals surface area contributed by atoms with E-state index in [1.807, 2.05) is 72.8 Å². The first-order chi connectivity index (χ1) is 17.4. The summed E-state index contributed by atoms with van der Waals surface area (Å²) in [5.74, 6) is -0.329. The second-order valence-electron chi connectivity index (χ2n) is 8.71. The molecule has 3 aromatic rings. The molecule has 0 spiro atoms. The molecule has 6 heteroatoms. The molecular formula is C30H34N2O4. The molecule has 188 valence electrons. The van der Waals surface area contributed by atoms with Crippen LogP contribution in [-0.4, -0.2) is 30.7 Å². The van der Waals surface area contributed by atoms with Crippen LogP contribution in [0.4, 0.5) is 10.5 Å². The normalized spacial score (nSPS) is 11.1. The van der Waals surface area contributed by atoms with Gasteiger partial charge in [-0.05, 0) is 54.3 Å². The highest BCUT2D eigenvalue weighted by Gasteiger charge is 2.14. The molecule has 3 rings (SSSR count). The van der Waals surface area contributed by atoms with E-state index in [0.29, 0.717) is 18.9 Å². The highest BCUT2D eigenvalue weighted by Crippen LogP contribution is 2.34. The summed E-state index contributed by atoms with van der Waals surface area (Å²) in [5, 5.41) is 12.2. The number of carbonyl (C=O) groups is 2. The number of urea groups is 1. The summed E-state index contributed by atoms with van der Waals surface area (Å²) in [6.45, 7) is 4.72. The number of rotatable bonds is 11. The molecule has 0 bridgehead atoms. The maximum atomic E-state index is 12.6. The van der Waals surface area contributed by atoms with Gasteiger partial charge in [-0.15, -0.1) is 0 Å². The summed E-state index contributed by atoms with van der Waals surface area (Å²) in [5.41, 5.74) is 4.52. The van der Waals surface area contributed by atoms with Crippen molar-refractivity contribution in [3.8, 4) is 16.9 Å². The highest BCUT2D eigenvalue weighted by atomic mass is 16.5. The molecule has 0 aromatic heterocycles.